The van der Waals surface area contributed by atoms with Crippen LogP contribution in [-0.4, -0.2) is 21.1 Å². The van der Waals surface area contributed by atoms with Gasteiger partial charge in [0.2, 0.25) is 0 Å². The quantitative estimate of drug-likeness (QED) is 0.318. The molecule has 150 valence electrons. The second-order valence-electron chi connectivity index (χ2n) is 7.79. The standard InChI is InChI=1S/C26H25N3O/c1-3-4-16-30-20-14-12-19(13-15-20)17-29-25-18(2)8-7-9-21(25)24-26(29)28-23-11-6-5-10-22(23)27-24/h5-15H,3-4,16-17H2,1-2H3. The summed E-state index contributed by atoms with van der Waals surface area (Å²) in [5.41, 5.74) is 7.40. The molecular formula is C26H25N3O. The van der Waals surface area contributed by atoms with Gasteiger partial charge in [-0.05, 0) is 48.7 Å². The summed E-state index contributed by atoms with van der Waals surface area (Å²) >= 11 is 0. The van der Waals surface area contributed by atoms with Crippen LogP contribution in [0.15, 0.2) is 66.7 Å². The van der Waals surface area contributed by atoms with Gasteiger partial charge in [-0.2, -0.15) is 0 Å². The van der Waals surface area contributed by atoms with E-state index in [0.717, 1.165) is 59.3 Å². The van der Waals surface area contributed by atoms with Gasteiger partial charge in [0.05, 0.1) is 23.2 Å². The van der Waals surface area contributed by atoms with Crippen LogP contribution in [0.5, 0.6) is 5.75 Å². The Morgan fingerprint density at radius 2 is 1.63 bits per heavy atom. The van der Waals surface area contributed by atoms with E-state index < -0.39 is 0 Å². The molecule has 0 spiro atoms. The Morgan fingerprint density at radius 1 is 0.867 bits per heavy atom. The molecule has 0 aliphatic heterocycles. The zero-order valence-electron chi connectivity index (χ0n) is 17.4. The molecule has 4 nitrogen and oxygen atoms in total. The Morgan fingerprint density at radius 3 is 2.40 bits per heavy atom. The number of unbranched alkanes of at least 4 members (excludes halogenated alkanes) is 1. The molecule has 0 saturated heterocycles. The Labute approximate surface area is 176 Å². The molecule has 0 radical (unpaired) electrons. The highest BCUT2D eigenvalue weighted by Gasteiger charge is 2.16. The van der Waals surface area contributed by atoms with Crippen molar-refractivity contribution in [2.75, 3.05) is 6.61 Å². The predicted molar refractivity (Wildman–Crippen MR) is 123 cm³/mol. The summed E-state index contributed by atoms with van der Waals surface area (Å²) in [5, 5.41) is 1.16. The molecule has 0 saturated carbocycles. The molecule has 4 heteroatoms. The smallest absolute Gasteiger partial charge is 0.160 e. The lowest BCUT2D eigenvalue weighted by molar-refractivity contribution is 0.309. The normalized spacial score (nSPS) is 11.5. The number of aromatic nitrogens is 3. The van der Waals surface area contributed by atoms with E-state index in [2.05, 4.69) is 60.9 Å². The average molecular weight is 396 g/mol. The molecule has 30 heavy (non-hydrogen) atoms. The summed E-state index contributed by atoms with van der Waals surface area (Å²) in [7, 11) is 0. The van der Waals surface area contributed by atoms with Crippen molar-refractivity contribution in [3.05, 3.63) is 77.9 Å². The molecule has 0 aliphatic rings. The number of fused-ring (bicyclic) bond motifs is 4. The summed E-state index contributed by atoms with van der Waals surface area (Å²) in [6, 6.07) is 22.9. The second kappa shape index (κ2) is 7.79. The maximum absolute atomic E-state index is 5.82. The number of hydrogen-bond acceptors (Lipinski definition) is 3. The van der Waals surface area contributed by atoms with E-state index in [0.29, 0.717) is 0 Å². The van der Waals surface area contributed by atoms with Gasteiger partial charge in [-0.25, -0.2) is 9.97 Å². The van der Waals surface area contributed by atoms with Gasteiger partial charge in [-0.15, -0.1) is 0 Å². The first-order chi connectivity index (χ1) is 14.7. The van der Waals surface area contributed by atoms with Crippen LogP contribution in [-0.2, 0) is 6.54 Å². The maximum atomic E-state index is 5.82. The van der Waals surface area contributed by atoms with Gasteiger partial charge in [0.1, 0.15) is 11.3 Å². The molecule has 0 fully saturated rings. The average Bonchev–Trinajstić information content (AvgIpc) is 3.07. The van der Waals surface area contributed by atoms with Gasteiger partial charge in [0, 0.05) is 11.9 Å². The minimum atomic E-state index is 0.743. The minimum absolute atomic E-state index is 0.743. The van der Waals surface area contributed by atoms with Gasteiger partial charge >= 0.3 is 0 Å². The predicted octanol–water partition coefficient (Wildman–Crippen LogP) is 6.27. The van der Waals surface area contributed by atoms with Gasteiger partial charge < -0.3 is 9.30 Å². The van der Waals surface area contributed by atoms with E-state index in [1.807, 2.05) is 24.3 Å². The van der Waals surface area contributed by atoms with Crippen molar-refractivity contribution < 1.29 is 4.74 Å². The number of nitrogens with zero attached hydrogens (tertiary/aromatic N) is 3. The number of benzene rings is 3. The number of aryl methyl sites for hydroxylation is 1. The van der Waals surface area contributed by atoms with Crippen LogP contribution in [0.2, 0.25) is 0 Å². The molecule has 2 aromatic heterocycles. The number of hydrogen-bond donors (Lipinski definition) is 0. The largest absolute Gasteiger partial charge is 0.494 e. The minimum Gasteiger partial charge on any atom is -0.494 e. The van der Waals surface area contributed by atoms with Crippen LogP contribution in [0.25, 0.3) is 33.1 Å². The highest BCUT2D eigenvalue weighted by Crippen LogP contribution is 2.31. The zero-order chi connectivity index (χ0) is 20.5. The fourth-order valence-corrected chi connectivity index (χ4v) is 4.04. The van der Waals surface area contributed by atoms with E-state index in [9.17, 15) is 0 Å². The summed E-state index contributed by atoms with van der Waals surface area (Å²) in [6.07, 6.45) is 2.22. The van der Waals surface area contributed by atoms with Crippen LogP contribution >= 0.6 is 0 Å². The second-order valence-corrected chi connectivity index (χ2v) is 7.79. The van der Waals surface area contributed by atoms with Gasteiger partial charge in [-0.3, -0.25) is 0 Å². The van der Waals surface area contributed by atoms with E-state index in [-0.39, 0.29) is 0 Å². The van der Waals surface area contributed by atoms with Crippen molar-refractivity contribution in [3.8, 4) is 5.75 Å². The van der Waals surface area contributed by atoms with Gasteiger partial charge in [0.15, 0.2) is 5.65 Å². The molecule has 0 aliphatic carbocycles. The van der Waals surface area contributed by atoms with Gasteiger partial charge in [-0.1, -0.05) is 55.8 Å². The third kappa shape index (κ3) is 3.28. The monoisotopic (exact) mass is 395 g/mol. The third-order valence-electron chi connectivity index (χ3n) is 5.60. The fourth-order valence-electron chi connectivity index (χ4n) is 4.04. The van der Waals surface area contributed by atoms with E-state index in [1.54, 1.807) is 0 Å². The van der Waals surface area contributed by atoms with Crippen molar-refractivity contribution in [1.29, 1.82) is 0 Å². The Hall–Kier alpha value is -3.40. The van der Waals surface area contributed by atoms with Crippen LogP contribution < -0.4 is 4.74 Å². The fraction of sp³-hybridized carbons (Fsp3) is 0.231. The molecule has 0 amide bonds. The number of rotatable bonds is 6. The number of para-hydroxylation sites is 3. The van der Waals surface area contributed by atoms with E-state index >= 15 is 0 Å². The molecule has 0 unspecified atom stereocenters. The summed E-state index contributed by atoms with van der Waals surface area (Å²) in [4.78, 5) is 9.96. The molecule has 0 N–H and O–H groups in total. The first kappa shape index (κ1) is 18.6. The first-order valence-electron chi connectivity index (χ1n) is 10.6. The molecule has 2 heterocycles. The lowest BCUT2D eigenvalue weighted by Crippen LogP contribution is -2.02. The SMILES string of the molecule is CCCCOc1ccc(Cn2c3nc4ccccc4nc3c3cccc(C)c32)cc1. The highest BCUT2D eigenvalue weighted by atomic mass is 16.5. The van der Waals surface area contributed by atoms with Gasteiger partial charge in [0.25, 0.3) is 0 Å². The molecule has 3 aromatic carbocycles. The third-order valence-corrected chi connectivity index (χ3v) is 5.60. The molecule has 5 rings (SSSR count). The zero-order valence-corrected chi connectivity index (χ0v) is 17.4. The summed E-state index contributed by atoms with van der Waals surface area (Å²) in [6.45, 7) is 5.84. The molecular weight excluding hydrogens is 370 g/mol. The van der Waals surface area contributed by atoms with Crippen LogP contribution in [0.1, 0.15) is 30.9 Å². The molecule has 0 atom stereocenters. The topological polar surface area (TPSA) is 39.9 Å². The van der Waals surface area contributed by atoms with Crippen LogP contribution in [0, 0.1) is 6.92 Å². The number of ether oxygens (including phenoxy) is 1. The lowest BCUT2D eigenvalue weighted by Gasteiger charge is -2.10. The highest BCUT2D eigenvalue weighted by molar-refractivity contribution is 6.07. The van der Waals surface area contributed by atoms with E-state index in [1.165, 1.54) is 16.6 Å². The van der Waals surface area contributed by atoms with Crippen molar-refractivity contribution in [2.24, 2.45) is 0 Å². The van der Waals surface area contributed by atoms with Crippen molar-refractivity contribution in [2.45, 2.75) is 33.2 Å². The molecule has 5 aromatic rings. The maximum Gasteiger partial charge on any atom is 0.160 e. The van der Waals surface area contributed by atoms with Crippen LogP contribution in [0.4, 0.5) is 0 Å². The van der Waals surface area contributed by atoms with Crippen LogP contribution in [0.3, 0.4) is 0 Å². The van der Waals surface area contributed by atoms with E-state index in [4.69, 9.17) is 14.7 Å². The summed E-state index contributed by atoms with van der Waals surface area (Å²) in [5.74, 6) is 0.927. The first-order valence-corrected chi connectivity index (χ1v) is 10.6. The molecule has 0 bridgehead atoms. The lowest BCUT2D eigenvalue weighted by atomic mass is 10.1. The Bertz CT molecular complexity index is 1340. The van der Waals surface area contributed by atoms with Crippen molar-refractivity contribution >= 4 is 33.1 Å². The summed E-state index contributed by atoms with van der Waals surface area (Å²) < 4.78 is 8.11. The Kier molecular flexibility index (Phi) is 4.83. The van der Waals surface area contributed by atoms with Crippen molar-refractivity contribution in [3.63, 3.8) is 0 Å². The Balaban J connectivity index is 1.61. The van der Waals surface area contributed by atoms with Crippen molar-refractivity contribution in [1.82, 2.24) is 14.5 Å².